The van der Waals surface area contributed by atoms with Crippen molar-refractivity contribution < 1.29 is 4.74 Å². The Labute approximate surface area is 114 Å². The average Bonchev–Trinajstić information content (AvgIpc) is 2.99. The molecule has 0 bridgehead atoms. The smallest absolute Gasteiger partial charge is 0.173 e. The van der Waals surface area contributed by atoms with Gasteiger partial charge in [0.15, 0.2) is 5.82 Å². The van der Waals surface area contributed by atoms with Crippen molar-refractivity contribution in [1.82, 2.24) is 15.0 Å². The van der Waals surface area contributed by atoms with Crippen LogP contribution in [0.5, 0.6) is 5.75 Å². The third-order valence-electron chi connectivity index (χ3n) is 2.79. The first kappa shape index (κ1) is 11.9. The van der Waals surface area contributed by atoms with E-state index in [0.29, 0.717) is 5.82 Å². The van der Waals surface area contributed by atoms with Gasteiger partial charge in [0.25, 0.3) is 0 Å². The quantitative estimate of drug-likeness (QED) is 0.794. The van der Waals surface area contributed by atoms with Crippen LogP contribution in [0.25, 0.3) is 21.6 Å². The summed E-state index contributed by atoms with van der Waals surface area (Å²) in [6.45, 7) is 0. The highest BCUT2D eigenvalue weighted by Gasteiger charge is 2.10. The van der Waals surface area contributed by atoms with Gasteiger partial charge in [0, 0.05) is 18.6 Å². The molecular formula is C13H12N4OS. The molecule has 2 heterocycles. The molecule has 0 saturated heterocycles. The number of nitrogens with zero attached hydrogens (tertiary/aromatic N) is 3. The number of benzene rings is 1. The number of hydrogen-bond acceptors (Lipinski definition) is 6. The lowest BCUT2D eigenvalue weighted by Gasteiger charge is -2.08. The molecule has 3 aromatic rings. The van der Waals surface area contributed by atoms with Crippen LogP contribution in [0, 0.1) is 0 Å². The monoisotopic (exact) mass is 272 g/mol. The normalized spacial score (nSPS) is 10.6. The van der Waals surface area contributed by atoms with Crippen LogP contribution >= 0.6 is 11.3 Å². The van der Waals surface area contributed by atoms with Gasteiger partial charge in [-0.3, -0.25) is 4.98 Å². The predicted molar refractivity (Wildman–Crippen MR) is 76.7 cm³/mol. The maximum Gasteiger partial charge on any atom is 0.173 e. The maximum atomic E-state index is 5.23. The lowest BCUT2D eigenvalue weighted by Crippen LogP contribution is -1.98. The fourth-order valence-electron chi connectivity index (χ4n) is 1.86. The third-order valence-corrected chi connectivity index (χ3v) is 3.56. The number of aromatic nitrogens is 3. The van der Waals surface area contributed by atoms with E-state index in [1.165, 1.54) is 11.3 Å². The van der Waals surface area contributed by atoms with E-state index in [1.54, 1.807) is 18.8 Å². The van der Waals surface area contributed by atoms with Gasteiger partial charge in [-0.1, -0.05) is 0 Å². The number of rotatable bonds is 3. The van der Waals surface area contributed by atoms with Crippen LogP contribution < -0.4 is 10.1 Å². The minimum Gasteiger partial charge on any atom is -0.497 e. The second-order valence-electron chi connectivity index (χ2n) is 3.89. The largest absolute Gasteiger partial charge is 0.497 e. The second kappa shape index (κ2) is 4.81. The van der Waals surface area contributed by atoms with Gasteiger partial charge in [0.1, 0.15) is 11.6 Å². The van der Waals surface area contributed by atoms with Gasteiger partial charge in [-0.05, 0) is 18.2 Å². The summed E-state index contributed by atoms with van der Waals surface area (Å²) < 4.78 is 5.23. The van der Waals surface area contributed by atoms with Crippen molar-refractivity contribution in [3.8, 4) is 16.5 Å². The molecule has 1 N–H and O–H groups in total. The molecule has 1 aromatic carbocycles. The Morgan fingerprint density at radius 1 is 1.26 bits per heavy atom. The molecule has 0 amide bonds. The molecule has 0 radical (unpaired) electrons. The molecule has 0 unspecified atom stereocenters. The van der Waals surface area contributed by atoms with Crippen LogP contribution in [0.3, 0.4) is 0 Å². The summed E-state index contributed by atoms with van der Waals surface area (Å²) in [4.78, 5) is 14.1. The van der Waals surface area contributed by atoms with E-state index in [2.05, 4.69) is 20.3 Å². The number of methoxy groups -OCH3 is 1. The Morgan fingerprint density at radius 3 is 2.84 bits per heavy atom. The van der Waals surface area contributed by atoms with Crippen LogP contribution in [0.1, 0.15) is 0 Å². The summed E-state index contributed by atoms with van der Waals surface area (Å²) in [5.74, 6) is 2.26. The molecule has 0 aliphatic rings. The summed E-state index contributed by atoms with van der Waals surface area (Å²) in [6.07, 6.45) is 1.77. The first-order valence-electron chi connectivity index (χ1n) is 5.74. The highest BCUT2D eigenvalue weighted by Crippen LogP contribution is 2.28. The fraction of sp³-hybridized carbons (Fsp3) is 0.154. The predicted octanol–water partition coefficient (Wildman–Crippen LogP) is 2.80. The molecule has 5 nitrogen and oxygen atoms in total. The molecule has 0 aliphatic carbocycles. The van der Waals surface area contributed by atoms with Crippen molar-refractivity contribution in [2.45, 2.75) is 0 Å². The Kier molecular flexibility index (Phi) is 3.00. The standard InChI is InChI=1S/C13H12N4OS/c1-14-12-9-5-8(18-2)3-4-10(9)16-13(17-12)11-6-15-7-19-11/h3-7H,1-2H3,(H,14,16,17). The van der Waals surface area contributed by atoms with E-state index in [4.69, 9.17) is 4.74 Å². The van der Waals surface area contributed by atoms with Crippen LogP contribution in [-0.2, 0) is 0 Å². The molecular weight excluding hydrogens is 260 g/mol. The summed E-state index contributed by atoms with van der Waals surface area (Å²) >= 11 is 1.52. The van der Waals surface area contributed by atoms with Gasteiger partial charge >= 0.3 is 0 Å². The number of anilines is 1. The highest BCUT2D eigenvalue weighted by atomic mass is 32.1. The van der Waals surface area contributed by atoms with Crippen LogP contribution in [0.4, 0.5) is 5.82 Å². The third kappa shape index (κ3) is 2.10. The molecule has 0 fully saturated rings. The zero-order chi connectivity index (χ0) is 13.2. The SMILES string of the molecule is CNc1nc(-c2cncs2)nc2ccc(OC)cc12. The summed E-state index contributed by atoms with van der Waals surface area (Å²) in [7, 11) is 3.49. The molecule has 96 valence electrons. The minimum absolute atomic E-state index is 0.685. The van der Waals surface area contributed by atoms with Gasteiger partial charge in [-0.15, -0.1) is 11.3 Å². The summed E-state index contributed by atoms with van der Waals surface area (Å²) in [5, 5.41) is 4.04. The Balaban J connectivity index is 2.24. The Morgan fingerprint density at radius 2 is 2.16 bits per heavy atom. The number of nitrogens with one attached hydrogen (secondary N) is 1. The van der Waals surface area contributed by atoms with Crippen molar-refractivity contribution in [2.75, 3.05) is 19.5 Å². The summed E-state index contributed by atoms with van der Waals surface area (Å²) in [6, 6.07) is 5.75. The van der Waals surface area contributed by atoms with E-state index >= 15 is 0 Å². The number of hydrogen-bond donors (Lipinski definition) is 1. The van der Waals surface area contributed by atoms with Crippen LogP contribution in [0.15, 0.2) is 29.9 Å². The fourth-order valence-corrected chi connectivity index (χ4v) is 2.42. The molecule has 19 heavy (non-hydrogen) atoms. The molecule has 6 heteroatoms. The number of ether oxygens (including phenoxy) is 1. The van der Waals surface area contributed by atoms with Gasteiger partial charge in [0.2, 0.25) is 0 Å². The van der Waals surface area contributed by atoms with Gasteiger partial charge < -0.3 is 10.1 Å². The first-order chi connectivity index (χ1) is 9.31. The second-order valence-corrected chi connectivity index (χ2v) is 4.78. The minimum atomic E-state index is 0.685. The van der Waals surface area contributed by atoms with Crippen molar-refractivity contribution in [2.24, 2.45) is 0 Å². The number of fused-ring (bicyclic) bond motifs is 1. The molecule has 0 aliphatic heterocycles. The zero-order valence-corrected chi connectivity index (χ0v) is 11.4. The van der Waals surface area contributed by atoms with E-state index in [0.717, 1.165) is 27.3 Å². The average molecular weight is 272 g/mol. The van der Waals surface area contributed by atoms with E-state index in [9.17, 15) is 0 Å². The first-order valence-corrected chi connectivity index (χ1v) is 6.62. The lowest BCUT2D eigenvalue weighted by atomic mass is 10.2. The molecule has 0 spiro atoms. The molecule has 3 rings (SSSR count). The lowest BCUT2D eigenvalue weighted by molar-refractivity contribution is 0.415. The summed E-state index contributed by atoms with van der Waals surface area (Å²) in [5.41, 5.74) is 2.65. The topological polar surface area (TPSA) is 59.9 Å². The number of thiazole rings is 1. The Bertz CT molecular complexity index is 712. The maximum absolute atomic E-state index is 5.23. The van der Waals surface area contributed by atoms with E-state index < -0.39 is 0 Å². The molecule has 0 saturated carbocycles. The van der Waals surface area contributed by atoms with Crippen molar-refractivity contribution in [1.29, 1.82) is 0 Å². The van der Waals surface area contributed by atoms with Gasteiger partial charge in [-0.25, -0.2) is 9.97 Å². The van der Waals surface area contributed by atoms with Gasteiger partial charge in [0.05, 0.1) is 23.0 Å². The van der Waals surface area contributed by atoms with Crippen molar-refractivity contribution >= 4 is 28.1 Å². The van der Waals surface area contributed by atoms with Crippen molar-refractivity contribution in [3.05, 3.63) is 29.9 Å². The van der Waals surface area contributed by atoms with Crippen LogP contribution in [0.2, 0.25) is 0 Å². The van der Waals surface area contributed by atoms with Gasteiger partial charge in [-0.2, -0.15) is 0 Å². The highest BCUT2D eigenvalue weighted by molar-refractivity contribution is 7.13. The van der Waals surface area contributed by atoms with E-state index in [-0.39, 0.29) is 0 Å². The molecule has 2 aromatic heterocycles. The van der Waals surface area contributed by atoms with Crippen molar-refractivity contribution in [3.63, 3.8) is 0 Å². The van der Waals surface area contributed by atoms with E-state index in [1.807, 2.05) is 25.2 Å². The van der Waals surface area contributed by atoms with Crippen LogP contribution in [-0.4, -0.2) is 29.1 Å². The molecule has 0 atom stereocenters. The Hall–Kier alpha value is -2.21. The zero-order valence-electron chi connectivity index (χ0n) is 10.5.